The van der Waals surface area contributed by atoms with Crippen molar-refractivity contribution < 1.29 is 14.0 Å². The third-order valence-corrected chi connectivity index (χ3v) is 6.00. The lowest BCUT2D eigenvalue weighted by Gasteiger charge is -2.46. The van der Waals surface area contributed by atoms with Gasteiger partial charge in [0.1, 0.15) is 5.82 Å². The molecule has 2 aromatic rings. The average molecular weight is 381 g/mol. The Labute approximate surface area is 164 Å². The smallest absolute Gasteiger partial charge is 0.255 e. The molecule has 5 nitrogen and oxygen atoms in total. The highest BCUT2D eigenvalue weighted by molar-refractivity contribution is 5.99. The van der Waals surface area contributed by atoms with Gasteiger partial charge in [0.15, 0.2) is 0 Å². The number of benzene rings is 1. The number of amides is 2. The first-order chi connectivity index (χ1) is 13.5. The molecule has 0 unspecified atom stereocenters. The fourth-order valence-electron chi connectivity index (χ4n) is 4.39. The van der Waals surface area contributed by atoms with Gasteiger partial charge in [0, 0.05) is 37.7 Å². The number of hydrogen-bond acceptors (Lipinski definition) is 3. The van der Waals surface area contributed by atoms with Crippen LogP contribution in [0.25, 0.3) is 0 Å². The minimum atomic E-state index is -0.422. The van der Waals surface area contributed by atoms with Crippen LogP contribution in [0.15, 0.2) is 42.7 Å². The molecule has 4 rings (SSSR count). The summed E-state index contributed by atoms with van der Waals surface area (Å²) in [5.41, 5.74) is 1.87. The minimum Gasteiger partial charge on any atom is -0.339 e. The Morgan fingerprint density at radius 2 is 1.79 bits per heavy atom. The van der Waals surface area contributed by atoms with Crippen molar-refractivity contribution in [1.29, 1.82) is 0 Å². The molecule has 1 aromatic carbocycles. The number of likely N-dealkylation sites (tertiary alicyclic amines) is 1. The zero-order valence-corrected chi connectivity index (χ0v) is 16.0. The van der Waals surface area contributed by atoms with Crippen LogP contribution in [-0.4, -0.2) is 41.3 Å². The van der Waals surface area contributed by atoms with Crippen molar-refractivity contribution in [3.63, 3.8) is 0 Å². The van der Waals surface area contributed by atoms with Gasteiger partial charge in [-0.15, -0.1) is 0 Å². The number of aryl methyl sites for hydroxylation is 1. The van der Waals surface area contributed by atoms with Crippen LogP contribution >= 0.6 is 0 Å². The number of halogens is 1. The highest BCUT2D eigenvalue weighted by Gasteiger charge is 2.46. The van der Waals surface area contributed by atoms with Crippen LogP contribution in [0, 0.1) is 18.2 Å². The van der Waals surface area contributed by atoms with E-state index in [1.54, 1.807) is 29.4 Å². The molecule has 2 aliphatic rings. The standard InChI is InChI=1S/C22H24FN3O2/c1-16-13-17(15-24-14-16)20(27)25-11-8-22(9-12-25)7-2-10-26(21(22)28)19-5-3-18(23)4-6-19/h3-6,13-15H,2,7-12H2,1H3. The number of nitrogens with zero attached hydrogens (tertiary/aromatic N) is 3. The van der Waals surface area contributed by atoms with Crippen molar-refractivity contribution in [1.82, 2.24) is 9.88 Å². The van der Waals surface area contributed by atoms with Crippen LogP contribution in [0.4, 0.5) is 10.1 Å². The molecule has 0 radical (unpaired) electrons. The monoisotopic (exact) mass is 381 g/mol. The molecule has 1 spiro atoms. The SMILES string of the molecule is Cc1cncc(C(=O)N2CCC3(CCCN(c4ccc(F)cc4)C3=O)CC2)c1. The zero-order chi connectivity index (χ0) is 19.7. The van der Waals surface area contributed by atoms with Crippen molar-refractivity contribution in [3.8, 4) is 0 Å². The van der Waals surface area contributed by atoms with E-state index in [4.69, 9.17) is 0 Å². The van der Waals surface area contributed by atoms with Crippen molar-refractivity contribution in [2.45, 2.75) is 32.6 Å². The van der Waals surface area contributed by atoms with Crippen molar-refractivity contribution in [2.24, 2.45) is 5.41 Å². The van der Waals surface area contributed by atoms with Gasteiger partial charge in [-0.2, -0.15) is 0 Å². The molecular weight excluding hydrogens is 357 g/mol. The van der Waals surface area contributed by atoms with E-state index < -0.39 is 5.41 Å². The number of rotatable bonds is 2. The number of carbonyl (C=O) groups is 2. The van der Waals surface area contributed by atoms with E-state index in [1.165, 1.54) is 12.1 Å². The first-order valence-electron chi connectivity index (χ1n) is 9.77. The predicted octanol–water partition coefficient (Wildman–Crippen LogP) is 3.58. The molecule has 2 amide bonds. The van der Waals surface area contributed by atoms with Crippen molar-refractivity contribution >= 4 is 17.5 Å². The molecule has 0 N–H and O–H groups in total. The van der Waals surface area contributed by atoms with E-state index in [9.17, 15) is 14.0 Å². The number of pyridine rings is 1. The Balaban J connectivity index is 1.47. The summed E-state index contributed by atoms with van der Waals surface area (Å²) in [4.78, 5) is 33.8. The first-order valence-corrected chi connectivity index (χ1v) is 9.77. The Morgan fingerprint density at radius 1 is 1.07 bits per heavy atom. The molecule has 2 fully saturated rings. The Kier molecular flexibility index (Phi) is 4.87. The second kappa shape index (κ2) is 7.34. The molecule has 6 heteroatoms. The van der Waals surface area contributed by atoms with Gasteiger partial charge in [0.2, 0.25) is 5.91 Å². The highest BCUT2D eigenvalue weighted by Crippen LogP contribution is 2.42. The van der Waals surface area contributed by atoms with Gasteiger partial charge in [-0.05, 0) is 68.5 Å². The third kappa shape index (κ3) is 3.39. The third-order valence-electron chi connectivity index (χ3n) is 6.00. The molecule has 0 aliphatic carbocycles. The van der Waals surface area contributed by atoms with Gasteiger partial charge >= 0.3 is 0 Å². The summed E-state index contributed by atoms with van der Waals surface area (Å²) in [6.07, 6.45) is 6.41. The number of hydrogen-bond donors (Lipinski definition) is 0. The quantitative estimate of drug-likeness (QED) is 0.799. The Bertz CT molecular complexity index is 889. The summed E-state index contributed by atoms with van der Waals surface area (Å²) in [6.45, 7) is 3.70. The highest BCUT2D eigenvalue weighted by atomic mass is 19.1. The first kappa shape index (κ1) is 18.6. The summed E-state index contributed by atoms with van der Waals surface area (Å²) in [5.74, 6) is -0.222. The minimum absolute atomic E-state index is 0.0234. The molecule has 146 valence electrons. The summed E-state index contributed by atoms with van der Waals surface area (Å²) in [5, 5.41) is 0. The Hall–Kier alpha value is -2.76. The van der Waals surface area contributed by atoms with E-state index in [-0.39, 0.29) is 17.6 Å². The van der Waals surface area contributed by atoms with Crippen LogP contribution in [0.2, 0.25) is 0 Å². The van der Waals surface area contributed by atoms with E-state index in [0.717, 1.165) is 24.1 Å². The number of carbonyl (C=O) groups excluding carboxylic acids is 2. The average Bonchev–Trinajstić information content (AvgIpc) is 2.71. The van der Waals surface area contributed by atoms with Crippen LogP contribution in [-0.2, 0) is 4.79 Å². The van der Waals surface area contributed by atoms with Crippen LogP contribution in [0.3, 0.4) is 0 Å². The van der Waals surface area contributed by atoms with E-state index in [0.29, 0.717) is 38.0 Å². The fourth-order valence-corrected chi connectivity index (χ4v) is 4.39. The lowest BCUT2D eigenvalue weighted by Crippen LogP contribution is -2.54. The van der Waals surface area contributed by atoms with Gasteiger partial charge in [0.25, 0.3) is 5.91 Å². The molecule has 0 saturated carbocycles. The number of piperidine rings is 2. The van der Waals surface area contributed by atoms with Crippen LogP contribution in [0.5, 0.6) is 0 Å². The zero-order valence-electron chi connectivity index (χ0n) is 16.0. The van der Waals surface area contributed by atoms with Gasteiger partial charge < -0.3 is 9.80 Å². The summed E-state index contributed by atoms with van der Waals surface area (Å²) >= 11 is 0. The summed E-state index contributed by atoms with van der Waals surface area (Å²) in [7, 11) is 0. The molecule has 3 heterocycles. The van der Waals surface area contributed by atoms with Crippen LogP contribution in [0.1, 0.15) is 41.6 Å². The maximum Gasteiger partial charge on any atom is 0.255 e. The molecule has 1 aromatic heterocycles. The maximum atomic E-state index is 13.3. The van der Waals surface area contributed by atoms with Crippen molar-refractivity contribution in [3.05, 3.63) is 59.7 Å². The van der Waals surface area contributed by atoms with Crippen molar-refractivity contribution in [2.75, 3.05) is 24.5 Å². The topological polar surface area (TPSA) is 53.5 Å². The second-order valence-corrected chi connectivity index (χ2v) is 7.86. The fraction of sp³-hybridized carbons (Fsp3) is 0.409. The predicted molar refractivity (Wildman–Crippen MR) is 105 cm³/mol. The lowest BCUT2D eigenvalue weighted by atomic mass is 9.71. The van der Waals surface area contributed by atoms with Gasteiger partial charge in [-0.3, -0.25) is 14.6 Å². The molecule has 0 bridgehead atoms. The summed E-state index contributed by atoms with van der Waals surface area (Å²) in [6, 6.07) is 7.95. The second-order valence-electron chi connectivity index (χ2n) is 7.86. The summed E-state index contributed by atoms with van der Waals surface area (Å²) < 4.78 is 13.2. The molecular formula is C22H24FN3O2. The molecule has 2 saturated heterocycles. The maximum absolute atomic E-state index is 13.3. The van der Waals surface area contributed by atoms with E-state index in [1.807, 2.05) is 17.9 Å². The van der Waals surface area contributed by atoms with E-state index in [2.05, 4.69) is 4.98 Å². The van der Waals surface area contributed by atoms with E-state index >= 15 is 0 Å². The normalized spacial score (nSPS) is 19.1. The molecule has 2 aliphatic heterocycles. The van der Waals surface area contributed by atoms with Gasteiger partial charge in [0.05, 0.1) is 11.0 Å². The van der Waals surface area contributed by atoms with Crippen LogP contribution < -0.4 is 4.90 Å². The lowest BCUT2D eigenvalue weighted by molar-refractivity contribution is -0.133. The number of aromatic nitrogens is 1. The number of anilines is 1. The molecule has 0 atom stereocenters. The molecule has 28 heavy (non-hydrogen) atoms. The Morgan fingerprint density at radius 3 is 2.46 bits per heavy atom. The largest absolute Gasteiger partial charge is 0.339 e. The van der Waals surface area contributed by atoms with Gasteiger partial charge in [-0.1, -0.05) is 0 Å². The van der Waals surface area contributed by atoms with Gasteiger partial charge in [-0.25, -0.2) is 4.39 Å².